The van der Waals surface area contributed by atoms with Crippen LogP contribution < -0.4 is 11.1 Å². The molecule has 1 fully saturated rings. The molecule has 0 aromatic carbocycles. The van der Waals surface area contributed by atoms with Gasteiger partial charge in [0.1, 0.15) is 0 Å². The van der Waals surface area contributed by atoms with Gasteiger partial charge in [-0.2, -0.15) is 0 Å². The lowest BCUT2D eigenvalue weighted by atomic mass is 10.0. The van der Waals surface area contributed by atoms with Crippen LogP contribution in [0.1, 0.15) is 46.5 Å². The van der Waals surface area contributed by atoms with Crippen LogP contribution in [0.25, 0.3) is 0 Å². The quantitative estimate of drug-likeness (QED) is 0.753. The second kappa shape index (κ2) is 7.74. The summed E-state index contributed by atoms with van der Waals surface area (Å²) in [5.74, 6) is 0.838. The molecule has 18 heavy (non-hydrogen) atoms. The summed E-state index contributed by atoms with van der Waals surface area (Å²) in [4.78, 5) is 14.0. The maximum absolute atomic E-state index is 11.9. The summed E-state index contributed by atoms with van der Waals surface area (Å²) in [5.41, 5.74) is 5.91. The second-order valence-electron chi connectivity index (χ2n) is 6.08. The summed E-state index contributed by atoms with van der Waals surface area (Å²) in [5, 5.41) is 3.08. The standard InChI is InChI=1S/C14H29N3O/c1-11(2)6-7-12(3)16-14(18)10-17-8-4-5-13(15)9-17/h11-13H,4-10,15H2,1-3H3,(H,16,18). The highest BCUT2D eigenvalue weighted by Gasteiger charge is 2.19. The van der Waals surface area contributed by atoms with Crippen LogP contribution in [0.4, 0.5) is 0 Å². The third kappa shape index (κ3) is 6.36. The fraction of sp³-hybridized carbons (Fsp3) is 0.929. The maximum Gasteiger partial charge on any atom is 0.234 e. The summed E-state index contributed by atoms with van der Waals surface area (Å²) in [7, 11) is 0. The molecule has 3 N–H and O–H groups in total. The van der Waals surface area contributed by atoms with Crippen LogP contribution in [0.5, 0.6) is 0 Å². The summed E-state index contributed by atoms with van der Waals surface area (Å²) in [6.07, 6.45) is 4.42. The minimum absolute atomic E-state index is 0.139. The number of amides is 1. The number of nitrogens with zero attached hydrogens (tertiary/aromatic N) is 1. The van der Waals surface area contributed by atoms with Gasteiger partial charge in [0.15, 0.2) is 0 Å². The highest BCUT2D eigenvalue weighted by molar-refractivity contribution is 5.78. The van der Waals surface area contributed by atoms with Gasteiger partial charge < -0.3 is 11.1 Å². The predicted molar refractivity (Wildman–Crippen MR) is 75.3 cm³/mol. The van der Waals surface area contributed by atoms with E-state index < -0.39 is 0 Å². The number of hydrogen-bond acceptors (Lipinski definition) is 3. The molecule has 2 unspecified atom stereocenters. The Bertz CT molecular complexity index is 255. The van der Waals surface area contributed by atoms with E-state index in [1.807, 2.05) is 0 Å². The molecular weight excluding hydrogens is 226 g/mol. The van der Waals surface area contributed by atoms with E-state index in [-0.39, 0.29) is 18.0 Å². The molecule has 106 valence electrons. The van der Waals surface area contributed by atoms with E-state index in [9.17, 15) is 4.79 Å². The van der Waals surface area contributed by atoms with E-state index in [0.717, 1.165) is 38.8 Å². The smallest absolute Gasteiger partial charge is 0.234 e. The SMILES string of the molecule is CC(C)CCC(C)NC(=O)CN1CCCC(N)C1. The molecule has 1 aliphatic heterocycles. The number of likely N-dealkylation sites (tertiary alicyclic amines) is 1. The molecule has 2 atom stereocenters. The second-order valence-corrected chi connectivity index (χ2v) is 6.08. The molecule has 1 heterocycles. The van der Waals surface area contributed by atoms with Crippen LogP contribution in [0.3, 0.4) is 0 Å². The molecule has 0 aromatic rings. The van der Waals surface area contributed by atoms with Crippen LogP contribution in [-0.2, 0) is 4.79 Å². The van der Waals surface area contributed by atoms with Crippen molar-refractivity contribution in [2.75, 3.05) is 19.6 Å². The number of rotatable bonds is 6. The van der Waals surface area contributed by atoms with Crippen molar-refractivity contribution in [2.45, 2.75) is 58.5 Å². The van der Waals surface area contributed by atoms with Gasteiger partial charge in [0, 0.05) is 18.6 Å². The molecule has 0 bridgehead atoms. The number of nitrogens with two attached hydrogens (primary N) is 1. The normalized spacial score (nSPS) is 23.1. The zero-order valence-corrected chi connectivity index (χ0v) is 12.1. The summed E-state index contributed by atoms with van der Waals surface area (Å²) < 4.78 is 0. The Labute approximate surface area is 111 Å². The molecule has 1 saturated heterocycles. The largest absolute Gasteiger partial charge is 0.353 e. The van der Waals surface area contributed by atoms with Crippen molar-refractivity contribution in [3.63, 3.8) is 0 Å². The Balaban J connectivity index is 2.19. The average Bonchev–Trinajstić information content (AvgIpc) is 2.26. The molecule has 0 spiro atoms. The zero-order chi connectivity index (χ0) is 13.5. The molecule has 4 nitrogen and oxygen atoms in total. The third-order valence-corrected chi connectivity index (χ3v) is 3.49. The lowest BCUT2D eigenvalue weighted by Gasteiger charge is -2.30. The molecule has 1 rings (SSSR count). The Hall–Kier alpha value is -0.610. The van der Waals surface area contributed by atoms with Gasteiger partial charge in [-0.15, -0.1) is 0 Å². The lowest BCUT2D eigenvalue weighted by molar-refractivity contribution is -0.123. The van der Waals surface area contributed by atoms with Crippen molar-refractivity contribution in [3.05, 3.63) is 0 Å². The predicted octanol–water partition coefficient (Wildman–Crippen LogP) is 1.35. The molecule has 0 aliphatic carbocycles. The first-order chi connectivity index (χ1) is 8.47. The van der Waals surface area contributed by atoms with Crippen molar-refractivity contribution in [1.29, 1.82) is 0 Å². The average molecular weight is 255 g/mol. The van der Waals surface area contributed by atoms with Crippen LogP contribution in [0.2, 0.25) is 0 Å². The third-order valence-electron chi connectivity index (χ3n) is 3.49. The number of hydrogen-bond donors (Lipinski definition) is 2. The Morgan fingerprint density at radius 1 is 1.39 bits per heavy atom. The molecule has 0 saturated carbocycles. The van der Waals surface area contributed by atoms with Crippen molar-refractivity contribution in [3.8, 4) is 0 Å². The first-order valence-electron chi connectivity index (χ1n) is 7.24. The first-order valence-corrected chi connectivity index (χ1v) is 7.24. The minimum atomic E-state index is 0.139. The van der Waals surface area contributed by atoms with Gasteiger partial charge in [-0.1, -0.05) is 13.8 Å². The van der Waals surface area contributed by atoms with Crippen molar-refractivity contribution in [1.82, 2.24) is 10.2 Å². The fourth-order valence-corrected chi connectivity index (χ4v) is 2.41. The first kappa shape index (κ1) is 15.4. The molecule has 0 aromatic heterocycles. The van der Waals surface area contributed by atoms with Gasteiger partial charge in [-0.05, 0) is 45.1 Å². The van der Waals surface area contributed by atoms with Crippen LogP contribution in [-0.4, -0.2) is 42.5 Å². The molecule has 1 amide bonds. The summed E-state index contributed by atoms with van der Waals surface area (Å²) in [6.45, 7) is 8.87. The molecule has 4 heteroatoms. The van der Waals surface area contributed by atoms with Gasteiger partial charge in [0.2, 0.25) is 5.91 Å². The van der Waals surface area contributed by atoms with E-state index in [2.05, 4.69) is 31.0 Å². The van der Waals surface area contributed by atoms with E-state index in [1.165, 1.54) is 0 Å². The van der Waals surface area contributed by atoms with Gasteiger partial charge in [-0.3, -0.25) is 9.69 Å². The minimum Gasteiger partial charge on any atom is -0.353 e. The van der Waals surface area contributed by atoms with E-state index >= 15 is 0 Å². The van der Waals surface area contributed by atoms with E-state index in [4.69, 9.17) is 5.73 Å². The van der Waals surface area contributed by atoms with Gasteiger partial charge in [-0.25, -0.2) is 0 Å². The fourth-order valence-electron chi connectivity index (χ4n) is 2.41. The molecule has 1 aliphatic rings. The summed E-state index contributed by atoms with van der Waals surface area (Å²) >= 11 is 0. The van der Waals surface area contributed by atoms with Gasteiger partial charge in [0.05, 0.1) is 6.54 Å². The maximum atomic E-state index is 11.9. The van der Waals surface area contributed by atoms with E-state index in [0.29, 0.717) is 12.5 Å². The van der Waals surface area contributed by atoms with Crippen LogP contribution in [0, 0.1) is 5.92 Å². The summed E-state index contributed by atoms with van der Waals surface area (Å²) in [6, 6.07) is 0.517. The van der Waals surface area contributed by atoms with Gasteiger partial charge in [0.25, 0.3) is 0 Å². The Kier molecular flexibility index (Phi) is 6.65. The van der Waals surface area contributed by atoms with Gasteiger partial charge >= 0.3 is 0 Å². The topological polar surface area (TPSA) is 58.4 Å². The highest BCUT2D eigenvalue weighted by Crippen LogP contribution is 2.08. The lowest BCUT2D eigenvalue weighted by Crippen LogP contribution is -2.48. The van der Waals surface area contributed by atoms with Crippen molar-refractivity contribution < 1.29 is 4.79 Å². The molecule has 0 radical (unpaired) electrons. The van der Waals surface area contributed by atoms with E-state index in [1.54, 1.807) is 0 Å². The number of carbonyl (C=O) groups is 1. The van der Waals surface area contributed by atoms with Crippen molar-refractivity contribution >= 4 is 5.91 Å². The molecular formula is C14H29N3O. The van der Waals surface area contributed by atoms with Crippen LogP contribution >= 0.6 is 0 Å². The number of carbonyl (C=O) groups excluding carboxylic acids is 1. The van der Waals surface area contributed by atoms with Crippen molar-refractivity contribution in [2.24, 2.45) is 11.7 Å². The highest BCUT2D eigenvalue weighted by atomic mass is 16.2. The Morgan fingerprint density at radius 2 is 2.11 bits per heavy atom. The van der Waals surface area contributed by atoms with Crippen LogP contribution in [0.15, 0.2) is 0 Å². The zero-order valence-electron chi connectivity index (χ0n) is 12.1. The Morgan fingerprint density at radius 3 is 2.72 bits per heavy atom. The number of nitrogens with one attached hydrogen (secondary N) is 1. The monoisotopic (exact) mass is 255 g/mol. The number of piperidine rings is 1.